The normalized spacial score (nSPS) is 15.9. The predicted molar refractivity (Wildman–Crippen MR) is 124 cm³/mol. The number of alkyl halides is 9. The smallest absolute Gasteiger partial charge is 0.369 e. The number of hydrogen-bond donors (Lipinski definition) is 2. The SMILES string of the molecule is O=C(NCC#Cc1cc(C(O)(C(F)(F)F)C(F)(F)F)ccc1N1CCN(S(=O)(=O)c2cccs2)CC1)C(F)(F)F. The van der Waals surface area contributed by atoms with Gasteiger partial charge in [0.25, 0.3) is 15.6 Å². The van der Waals surface area contributed by atoms with Gasteiger partial charge in [-0.2, -0.15) is 43.8 Å². The van der Waals surface area contributed by atoms with Gasteiger partial charge in [0, 0.05) is 37.3 Å². The first-order valence-electron chi connectivity index (χ1n) is 10.9. The van der Waals surface area contributed by atoms with Gasteiger partial charge >= 0.3 is 24.4 Å². The molecule has 2 aromatic rings. The number of benzene rings is 1. The Morgan fingerprint density at radius 2 is 1.57 bits per heavy atom. The lowest BCUT2D eigenvalue weighted by molar-refractivity contribution is -0.376. The standard InChI is InChI=1S/C22H18F9N3O4S2/c23-20(24,25)18(35)32-7-1-3-14-13-15(19(36,21(26,27)28)22(29,30)31)5-6-16(14)33-8-10-34(11-9-33)40(37,38)17-4-2-12-39-17/h2,4-6,12-13,36H,7-11H2,(H,32,35). The van der Waals surface area contributed by atoms with Crippen LogP contribution in [0.2, 0.25) is 0 Å². The molecule has 0 bridgehead atoms. The van der Waals surface area contributed by atoms with Crippen molar-refractivity contribution in [2.24, 2.45) is 0 Å². The van der Waals surface area contributed by atoms with E-state index in [-0.39, 0.29) is 36.1 Å². The molecule has 0 atom stereocenters. The van der Waals surface area contributed by atoms with Crippen molar-refractivity contribution >= 4 is 33.0 Å². The van der Waals surface area contributed by atoms with Gasteiger partial charge in [-0.25, -0.2) is 8.42 Å². The van der Waals surface area contributed by atoms with Crippen LogP contribution in [0.3, 0.4) is 0 Å². The number of halogens is 9. The summed E-state index contributed by atoms with van der Waals surface area (Å²) in [5, 5.41) is 12.7. The molecular formula is C22H18F9N3O4S2. The van der Waals surface area contributed by atoms with Crippen LogP contribution in [0.25, 0.3) is 0 Å². The third kappa shape index (κ3) is 6.32. The molecule has 1 aliphatic heterocycles. The van der Waals surface area contributed by atoms with E-state index in [9.17, 15) is 57.8 Å². The first-order valence-corrected chi connectivity index (χ1v) is 13.2. The van der Waals surface area contributed by atoms with Gasteiger partial charge in [-0.15, -0.1) is 11.3 Å². The minimum atomic E-state index is -6.21. The van der Waals surface area contributed by atoms with Gasteiger partial charge in [0.1, 0.15) is 4.21 Å². The molecule has 0 aliphatic carbocycles. The highest BCUT2D eigenvalue weighted by Gasteiger charge is 2.71. The van der Waals surface area contributed by atoms with Crippen molar-refractivity contribution in [3.63, 3.8) is 0 Å². The Labute approximate surface area is 225 Å². The van der Waals surface area contributed by atoms with Crippen LogP contribution in [0.15, 0.2) is 39.9 Å². The molecule has 1 saturated heterocycles. The van der Waals surface area contributed by atoms with Crippen molar-refractivity contribution in [2.75, 3.05) is 37.6 Å². The molecule has 0 saturated carbocycles. The zero-order valence-corrected chi connectivity index (χ0v) is 21.4. The summed E-state index contributed by atoms with van der Waals surface area (Å²) >= 11 is 0.976. The van der Waals surface area contributed by atoms with Gasteiger partial charge in [-0.05, 0) is 23.6 Å². The van der Waals surface area contributed by atoms with E-state index in [1.807, 2.05) is 5.92 Å². The molecular weight excluding hydrogens is 605 g/mol. The number of piperazine rings is 1. The van der Waals surface area contributed by atoms with E-state index < -0.39 is 57.7 Å². The fraction of sp³-hybridized carbons (Fsp3) is 0.409. The molecule has 7 nitrogen and oxygen atoms in total. The molecule has 0 spiro atoms. The molecule has 0 unspecified atom stereocenters. The average Bonchev–Trinajstić information content (AvgIpc) is 3.40. The summed E-state index contributed by atoms with van der Waals surface area (Å²) in [6, 6.07) is 4.39. The van der Waals surface area contributed by atoms with Crippen LogP contribution in [-0.2, 0) is 20.4 Å². The summed E-state index contributed by atoms with van der Waals surface area (Å²) in [6.45, 7) is -1.35. The number of nitrogens with zero attached hydrogens (tertiary/aromatic N) is 2. The van der Waals surface area contributed by atoms with Crippen molar-refractivity contribution in [3.05, 3.63) is 46.8 Å². The Kier molecular flexibility index (Phi) is 8.75. The molecule has 18 heteroatoms. The van der Waals surface area contributed by atoms with E-state index in [1.54, 1.807) is 5.38 Å². The fourth-order valence-corrected chi connectivity index (χ4v) is 6.26. The number of carbonyl (C=O) groups excluding carboxylic acids is 1. The van der Waals surface area contributed by atoms with Crippen LogP contribution in [0, 0.1) is 11.8 Å². The first-order chi connectivity index (χ1) is 18.3. The van der Waals surface area contributed by atoms with E-state index in [4.69, 9.17) is 0 Å². The highest BCUT2D eigenvalue weighted by atomic mass is 32.2. The number of nitrogens with one attached hydrogen (secondary N) is 1. The second kappa shape index (κ2) is 11.1. The number of rotatable bonds is 5. The van der Waals surface area contributed by atoms with E-state index >= 15 is 0 Å². The summed E-state index contributed by atoms with van der Waals surface area (Å²) in [6.07, 6.45) is -17.7. The largest absolute Gasteiger partial charge is 0.471 e. The van der Waals surface area contributed by atoms with Crippen molar-refractivity contribution in [1.29, 1.82) is 0 Å². The summed E-state index contributed by atoms with van der Waals surface area (Å²) in [7, 11) is -3.85. The third-order valence-corrected chi connectivity index (χ3v) is 8.99. The van der Waals surface area contributed by atoms with Crippen LogP contribution in [0.1, 0.15) is 11.1 Å². The topological polar surface area (TPSA) is 89.9 Å². The van der Waals surface area contributed by atoms with Gasteiger partial charge in [-0.3, -0.25) is 4.79 Å². The maximum absolute atomic E-state index is 13.4. The molecule has 1 aliphatic rings. The molecule has 1 amide bonds. The van der Waals surface area contributed by atoms with Crippen molar-refractivity contribution in [1.82, 2.24) is 9.62 Å². The Hall–Kier alpha value is -3.01. The third-order valence-electron chi connectivity index (χ3n) is 5.72. The summed E-state index contributed by atoms with van der Waals surface area (Å²) in [5.41, 5.74) is -7.57. The summed E-state index contributed by atoms with van der Waals surface area (Å²) < 4.78 is 144. The molecule has 3 rings (SSSR count). The number of thiophene rings is 1. The van der Waals surface area contributed by atoms with Crippen LogP contribution in [0.4, 0.5) is 45.2 Å². The van der Waals surface area contributed by atoms with Crippen LogP contribution >= 0.6 is 11.3 Å². The van der Waals surface area contributed by atoms with Gasteiger partial charge in [-0.1, -0.05) is 24.0 Å². The number of aliphatic hydroxyl groups is 1. The summed E-state index contributed by atoms with van der Waals surface area (Å²) in [4.78, 5) is 12.4. The van der Waals surface area contributed by atoms with Gasteiger partial charge < -0.3 is 15.3 Å². The molecule has 2 N–H and O–H groups in total. The maximum atomic E-state index is 13.4. The Morgan fingerprint density at radius 3 is 2.08 bits per heavy atom. The number of carbonyl (C=O) groups is 1. The van der Waals surface area contributed by atoms with E-state index in [0.29, 0.717) is 12.1 Å². The number of anilines is 1. The van der Waals surface area contributed by atoms with Crippen LogP contribution in [0.5, 0.6) is 0 Å². The molecule has 1 fully saturated rings. The van der Waals surface area contributed by atoms with Crippen molar-refractivity contribution in [3.8, 4) is 11.8 Å². The van der Waals surface area contributed by atoms with Gasteiger partial charge in [0.2, 0.25) is 0 Å². The minimum Gasteiger partial charge on any atom is -0.369 e. The monoisotopic (exact) mass is 623 g/mol. The molecule has 40 heavy (non-hydrogen) atoms. The zero-order chi connectivity index (χ0) is 30.1. The molecule has 1 aromatic carbocycles. The van der Waals surface area contributed by atoms with Crippen molar-refractivity contribution < 1.29 is 57.8 Å². The maximum Gasteiger partial charge on any atom is 0.471 e. The summed E-state index contributed by atoms with van der Waals surface area (Å²) in [5.74, 6) is 1.81. The van der Waals surface area contributed by atoms with Gasteiger partial charge in [0.15, 0.2) is 0 Å². The highest BCUT2D eigenvalue weighted by Crippen LogP contribution is 2.50. The van der Waals surface area contributed by atoms with Gasteiger partial charge in [0.05, 0.1) is 12.2 Å². The zero-order valence-electron chi connectivity index (χ0n) is 19.8. The quantitative estimate of drug-likeness (QED) is 0.393. The number of sulfonamides is 1. The highest BCUT2D eigenvalue weighted by molar-refractivity contribution is 7.91. The molecule has 0 radical (unpaired) electrons. The van der Waals surface area contributed by atoms with Crippen LogP contribution < -0.4 is 10.2 Å². The van der Waals surface area contributed by atoms with E-state index in [0.717, 1.165) is 21.7 Å². The van der Waals surface area contributed by atoms with E-state index in [2.05, 4.69) is 5.92 Å². The Bertz CT molecular complexity index is 1370. The first kappa shape index (κ1) is 31.5. The predicted octanol–water partition coefficient (Wildman–Crippen LogP) is 3.60. The lowest BCUT2D eigenvalue weighted by atomic mass is 9.90. The number of hydrogen-bond acceptors (Lipinski definition) is 6. The van der Waals surface area contributed by atoms with E-state index in [1.165, 1.54) is 22.3 Å². The lowest BCUT2D eigenvalue weighted by Gasteiger charge is -2.36. The second-order valence-electron chi connectivity index (χ2n) is 8.24. The Balaban J connectivity index is 1.96. The molecule has 2 heterocycles. The molecule has 1 aromatic heterocycles. The fourth-order valence-electron chi connectivity index (χ4n) is 3.70. The minimum absolute atomic E-state index is 0.0661. The number of amides is 1. The Morgan fingerprint density at radius 1 is 0.975 bits per heavy atom. The van der Waals surface area contributed by atoms with Crippen molar-refractivity contribution in [2.45, 2.75) is 28.3 Å². The average molecular weight is 624 g/mol. The molecule has 220 valence electrons. The lowest BCUT2D eigenvalue weighted by Crippen LogP contribution is -2.54. The van der Waals surface area contributed by atoms with Crippen LogP contribution in [-0.4, -0.2) is 75.0 Å². The second-order valence-corrected chi connectivity index (χ2v) is 11.4.